The molecule has 0 saturated heterocycles. The number of quaternary nitrogens is 1. The van der Waals surface area contributed by atoms with Crippen LogP contribution >= 0.6 is 0 Å². The lowest BCUT2D eigenvalue weighted by Crippen LogP contribution is -3.00. The van der Waals surface area contributed by atoms with E-state index in [1.165, 1.54) is 68.3 Å². The minimum atomic E-state index is 0. The molecule has 1 aromatic rings. The summed E-state index contributed by atoms with van der Waals surface area (Å²) in [5.74, 6) is 0. The summed E-state index contributed by atoms with van der Waals surface area (Å²) >= 11 is 0. The summed E-state index contributed by atoms with van der Waals surface area (Å²) in [5.41, 5.74) is 1.49. The van der Waals surface area contributed by atoms with Gasteiger partial charge in [0, 0.05) is 6.42 Å². The van der Waals surface area contributed by atoms with Crippen LogP contribution in [0.1, 0.15) is 52.0 Å². The van der Waals surface area contributed by atoms with Gasteiger partial charge >= 0.3 is 0 Å². The van der Waals surface area contributed by atoms with E-state index in [1.54, 1.807) is 0 Å². The fraction of sp³-hybridized carbons (Fsp3) is 0.667. The standard InChI is InChI=1S/C18H32N.ClH/c1-4-7-15-19(6-3,16-8-5-2)17-14-18-12-10-9-11-13-18;/h9-13H,4-8,14-17H2,1-3H3;1H/q+1;/p-1. The van der Waals surface area contributed by atoms with E-state index in [-0.39, 0.29) is 12.4 Å². The summed E-state index contributed by atoms with van der Waals surface area (Å²) in [5, 5.41) is 0. The fourth-order valence-corrected chi connectivity index (χ4v) is 2.81. The molecular weight excluding hydrogens is 266 g/mol. The van der Waals surface area contributed by atoms with Crippen molar-refractivity contribution in [3.8, 4) is 0 Å². The van der Waals surface area contributed by atoms with Crippen LogP contribution in [0.15, 0.2) is 30.3 Å². The van der Waals surface area contributed by atoms with Crippen LogP contribution in [0.3, 0.4) is 0 Å². The topological polar surface area (TPSA) is 0 Å². The van der Waals surface area contributed by atoms with Crippen molar-refractivity contribution in [2.24, 2.45) is 0 Å². The van der Waals surface area contributed by atoms with Crippen LogP contribution in [0.2, 0.25) is 0 Å². The van der Waals surface area contributed by atoms with E-state index in [4.69, 9.17) is 0 Å². The van der Waals surface area contributed by atoms with Crippen LogP contribution in [0.4, 0.5) is 0 Å². The van der Waals surface area contributed by atoms with Crippen molar-refractivity contribution < 1.29 is 16.9 Å². The van der Waals surface area contributed by atoms with Gasteiger partial charge in [-0.3, -0.25) is 0 Å². The van der Waals surface area contributed by atoms with Gasteiger partial charge in [-0.15, -0.1) is 0 Å². The van der Waals surface area contributed by atoms with Crippen molar-refractivity contribution in [1.29, 1.82) is 0 Å². The van der Waals surface area contributed by atoms with E-state index >= 15 is 0 Å². The van der Waals surface area contributed by atoms with E-state index in [9.17, 15) is 0 Å². The Morgan fingerprint density at radius 1 is 0.800 bits per heavy atom. The predicted molar refractivity (Wildman–Crippen MR) is 85.4 cm³/mol. The number of rotatable bonds is 10. The van der Waals surface area contributed by atoms with Crippen molar-refractivity contribution in [3.05, 3.63) is 35.9 Å². The van der Waals surface area contributed by atoms with Crippen LogP contribution in [-0.2, 0) is 6.42 Å². The maximum Gasteiger partial charge on any atom is 0.0827 e. The summed E-state index contributed by atoms with van der Waals surface area (Å²) in [6.45, 7) is 12.3. The molecule has 1 aromatic carbocycles. The summed E-state index contributed by atoms with van der Waals surface area (Å²) in [7, 11) is 0. The Morgan fingerprint density at radius 2 is 1.35 bits per heavy atom. The van der Waals surface area contributed by atoms with Gasteiger partial charge in [0.2, 0.25) is 0 Å². The van der Waals surface area contributed by atoms with E-state index in [2.05, 4.69) is 51.1 Å². The Balaban J connectivity index is 0.00000361. The Morgan fingerprint density at radius 3 is 1.80 bits per heavy atom. The third kappa shape index (κ3) is 6.76. The first-order valence-electron chi connectivity index (χ1n) is 8.15. The third-order valence-corrected chi connectivity index (χ3v) is 4.36. The molecule has 0 unspecified atom stereocenters. The Hall–Kier alpha value is -0.530. The van der Waals surface area contributed by atoms with Crippen molar-refractivity contribution in [1.82, 2.24) is 0 Å². The summed E-state index contributed by atoms with van der Waals surface area (Å²) in [6, 6.07) is 11.0. The van der Waals surface area contributed by atoms with Crippen molar-refractivity contribution in [2.45, 2.75) is 52.9 Å². The summed E-state index contributed by atoms with van der Waals surface area (Å²) in [4.78, 5) is 0. The second-order valence-corrected chi connectivity index (χ2v) is 5.77. The summed E-state index contributed by atoms with van der Waals surface area (Å²) < 4.78 is 1.32. The molecule has 0 aliphatic heterocycles. The monoisotopic (exact) mass is 297 g/mol. The molecule has 1 rings (SSSR count). The number of hydrogen-bond acceptors (Lipinski definition) is 0. The van der Waals surface area contributed by atoms with Gasteiger partial charge in [0.1, 0.15) is 0 Å². The average molecular weight is 298 g/mol. The lowest BCUT2D eigenvalue weighted by molar-refractivity contribution is -0.926. The van der Waals surface area contributed by atoms with Gasteiger partial charge in [0.25, 0.3) is 0 Å². The molecule has 0 amide bonds. The number of halogens is 1. The van der Waals surface area contributed by atoms with Gasteiger partial charge in [-0.25, -0.2) is 0 Å². The number of hydrogen-bond donors (Lipinski definition) is 0. The van der Waals surface area contributed by atoms with Gasteiger partial charge in [-0.05, 0) is 25.3 Å². The van der Waals surface area contributed by atoms with Gasteiger partial charge in [0.15, 0.2) is 0 Å². The molecule has 2 heteroatoms. The quantitative estimate of drug-likeness (QED) is 0.576. The number of benzene rings is 1. The Labute approximate surface area is 132 Å². The second kappa shape index (κ2) is 11.2. The molecule has 0 aromatic heterocycles. The maximum atomic E-state index is 2.37. The van der Waals surface area contributed by atoms with Gasteiger partial charge in [0.05, 0.1) is 26.2 Å². The molecule has 0 spiro atoms. The summed E-state index contributed by atoms with van der Waals surface area (Å²) in [6.07, 6.45) is 6.59. The lowest BCUT2D eigenvalue weighted by atomic mass is 10.1. The van der Waals surface area contributed by atoms with Crippen LogP contribution in [0.25, 0.3) is 0 Å². The molecule has 0 atom stereocenters. The van der Waals surface area contributed by atoms with E-state index in [1.807, 2.05) is 0 Å². The molecule has 116 valence electrons. The largest absolute Gasteiger partial charge is 1.00 e. The normalized spacial score (nSPS) is 11.2. The SMILES string of the molecule is CCCC[N+](CC)(CCCC)CCc1ccccc1.[Cl-]. The minimum Gasteiger partial charge on any atom is -1.00 e. The average Bonchev–Trinajstić information content (AvgIpc) is 2.48. The second-order valence-electron chi connectivity index (χ2n) is 5.77. The van der Waals surface area contributed by atoms with E-state index in [0.717, 1.165) is 0 Å². The smallest absolute Gasteiger partial charge is 0.0827 e. The highest BCUT2D eigenvalue weighted by molar-refractivity contribution is 5.14. The zero-order valence-corrected chi connectivity index (χ0v) is 14.3. The van der Waals surface area contributed by atoms with E-state index < -0.39 is 0 Å². The van der Waals surface area contributed by atoms with Crippen LogP contribution in [0.5, 0.6) is 0 Å². The molecule has 0 aliphatic rings. The van der Waals surface area contributed by atoms with Gasteiger partial charge in [-0.2, -0.15) is 0 Å². The molecule has 1 nitrogen and oxygen atoms in total. The molecule has 20 heavy (non-hydrogen) atoms. The first kappa shape index (κ1) is 19.5. The molecule has 0 fully saturated rings. The molecular formula is C18H32ClN. The van der Waals surface area contributed by atoms with Crippen molar-refractivity contribution in [3.63, 3.8) is 0 Å². The fourth-order valence-electron chi connectivity index (χ4n) is 2.81. The van der Waals surface area contributed by atoms with Gasteiger partial charge < -0.3 is 16.9 Å². The Bertz CT molecular complexity index is 315. The number of nitrogens with zero attached hydrogens (tertiary/aromatic N) is 1. The lowest BCUT2D eigenvalue weighted by Gasteiger charge is -2.38. The third-order valence-electron chi connectivity index (χ3n) is 4.36. The molecule has 0 heterocycles. The van der Waals surface area contributed by atoms with Crippen molar-refractivity contribution >= 4 is 0 Å². The highest BCUT2D eigenvalue weighted by Crippen LogP contribution is 2.14. The highest BCUT2D eigenvalue weighted by atomic mass is 35.5. The number of unbranched alkanes of at least 4 members (excludes halogenated alkanes) is 2. The molecule has 0 N–H and O–H groups in total. The molecule has 0 aliphatic carbocycles. The first-order chi connectivity index (χ1) is 9.26. The zero-order valence-electron chi connectivity index (χ0n) is 13.6. The van der Waals surface area contributed by atoms with Crippen LogP contribution in [0, 0.1) is 0 Å². The molecule has 0 saturated carbocycles. The highest BCUT2D eigenvalue weighted by Gasteiger charge is 2.23. The Kier molecular flexibility index (Phi) is 10.9. The predicted octanol–water partition coefficient (Wildman–Crippen LogP) is 1.67. The molecule has 0 bridgehead atoms. The van der Waals surface area contributed by atoms with Gasteiger partial charge in [-0.1, -0.05) is 57.0 Å². The first-order valence-corrected chi connectivity index (χ1v) is 8.15. The molecule has 0 radical (unpaired) electrons. The number of likely N-dealkylation sites (N-methyl/N-ethyl adjacent to an activating group) is 1. The van der Waals surface area contributed by atoms with Crippen LogP contribution in [-0.4, -0.2) is 30.7 Å². The van der Waals surface area contributed by atoms with Crippen LogP contribution < -0.4 is 12.4 Å². The maximum absolute atomic E-state index is 2.37. The minimum absolute atomic E-state index is 0. The van der Waals surface area contributed by atoms with Crippen molar-refractivity contribution in [2.75, 3.05) is 26.2 Å². The van der Waals surface area contributed by atoms with E-state index in [0.29, 0.717) is 0 Å². The zero-order chi connectivity index (χ0) is 14.0.